The van der Waals surface area contributed by atoms with E-state index in [-0.39, 0.29) is 0 Å². The molecule has 0 aliphatic carbocycles. The minimum atomic E-state index is -3.35. The van der Waals surface area contributed by atoms with Crippen LogP contribution in [0.25, 0.3) is 0 Å². The Morgan fingerprint density at radius 1 is 0.800 bits per heavy atom. The molecule has 25 heavy (non-hydrogen) atoms. The van der Waals surface area contributed by atoms with E-state index in [1.807, 2.05) is 19.1 Å². The molecule has 0 atom stereocenters. The van der Waals surface area contributed by atoms with Gasteiger partial charge in [0.15, 0.2) is 0 Å². The van der Waals surface area contributed by atoms with Crippen LogP contribution in [0.2, 0.25) is 13.3 Å². The second-order valence-electron chi connectivity index (χ2n) is 7.12. The maximum atomic E-state index is 12.2. The van der Waals surface area contributed by atoms with E-state index in [4.69, 9.17) is 0 Å². The summed E-state index contributed by atoms with van der Waals surface area (Å²) in [6.07, 6.45) is 7.72. The molecule has 0 saturated heterocycles. The molecule has 0 unspecified atom stereocenters. The molecule has 1 aromatic carbocycles. The number of hydrogen-bond acceptors (Lipinski definition) is 2. The molecule has 5 heteroatoms. The van der Waals surface area contributed by atoms with E-state index >= 15 is 0 Å². The number of nitrogens with one attached hydrogen (secondary N) is 1. The second kappa shape index (κ2) is 11.6. The summed E-state index contributed by atoms with van der Waals surface area (Å²) in [5.74, 6) is 0. The van der Waals surface area contributed by atoms with Crippen LogP contribution in [0.4, 0.5) is 0 Å². The Morgan fingerprint density at radius 3 is 1.60 bits per heavy atom. The second-order valence-corrected chi connectivity index (χ2v) is 22.1. The van der Waals surface area contributed by atoms with Crippen molar-refractivity contribution in [1.82, 2.24) is 4.72 Å². The van der Waals surface area contributed by atoms with Crippen LogP contribution in [-0.2, 0) is 10.0 Å². The van der Waals surface area contributed by atoms with Gasteiger partial charge in [-0.1, -0.05) is 0 Å². The zero-order valence-corrected chi connectivity index (χ0v) is 20.3. The van der Waals surface area contributed by atoms with Gasteiger partial charge in [-0.25, -0.2) is 0 Å². The molecule has 0 aromatic heterocycles. The molecular formula is C20H37NO2SSn. The van der Waals surface area contributed by atoms with E-state index < -0.39 is 28.4 Å². The molecule has 0 saturated carbocycles. The van der Waals surface area contributed by atoms with Crippen LogP contribution in [0.15, 0.2) is 29.2 Å². The number of sulfonamides is 1. The first-order valence-electron chi connectivity index (χ1n) is 10.1. The Balaban J connectivity index is 3.18. The third kappa shape index (κ3) is 6.87. The van der Waals surface area contributed by atoms with Gasteiger partial charge in [0, 0.05) is 0 Å². The van der Waals surface area contributed by atoms with Crippen LogP contribution in [0.3, 0.4) is 0 Å². The summed E-state index contributed by atoms with van der Waals surface area (Å²) < 4.78 is 32.8. The zero-order chi connectivity index (χ0) is 18.8. The molecule has 0 radical (unpaired) electrons. The minimum absolute atomic E-state index is 0.403. The third-order valence-corrected chi connectivity index (χ3v) is 22.4. The predicted molar refractivity (Wildman–Crippen MR) is 112 cm³/mol. The fourth-order valence-corrected chi connectivity index (χ4v) is 20.6. The van der Waals surface area contributed by atoms with E-state index in [1.54, 1.807) is 0 Å². The van der Waals surface area contributed by atoms with E-state index in [0.29, 0.717) is 11.4 Å². The van der Waals surface area contributed by atoms with Gasteiger partial charge in [0.05, 0.1) is 0 Å². The number of hydrogen-bond donors (Lipinski definition) is 1. The van der Waals surface area contributed by atoms with Crippen LogP contribution in [0, 0.1) is 0 Å². The average molecular weight is 474 g/mol. The summed E-state index contributed by atoms with van der Waals surface area (Å²) in [6.45, 7) is 9.08. The molecule has 1 N–H and O–H groups in total. The van der Waals surface area contributed by atoms with Crippen molar-refractivity contribution in [2.45, 2.75) is 84.4 Å². The third-order valence-electron chi connectivity index (χ3n) is 5.14. The molecule has 0 amide bonds. The quantitative estimate of drug-likeness (QED) is 0.408. The summed E-state index contributed by atoms with van der Waals surface area (Å²) in [4.78, 5) is 0.403. The Hall–Kier alpha value is -0.0713. The molecule has 0 bridgehead atoms. The average Bonchev–Trinajstić information content (AvgIpc) is 2.61. The molecular weight excluding hydrogens is 437 g/mol. The topological polar surface area (TPSA) is 46.2 Å². The molecule has 0 aliphatic heterocycles. The van der Waals surface area contributed by atoms with E-state index in [0.717, 1.165) is 0 Å². The van der Waals surface area contributed by atoms with Gasteiger partial charge in [0.2, 0.25) is 0 Å². The molecule has 1 rings (SSSR count). The maximum absolute atomic E-state index is 12.2. The summed E-state index contributed by atoms with van der Waals surface area (Å²) in [5, 5.41) is 0. The van der Waals surface area contributed by atoms with Gasteiger partial charge < -0.3 is 0 Å². The first-order valence-corrected chi connectivity index (χ1v) is 19.0. The molecule has 0 aliphatic rings. The first kappa shape index (κ1) is 23.0. The van der Waals surface area contributed by atoms with Crippen molar-refractivity contribution in [2.75, 3.05) is 6.54 Å². The van der Waals surface area contributed by atoms with Crippen molar-refractivity contribution in [2.24, 2.45) is 0 Å². The normalized spacial score (nSPS) is 12.5. The summed E-state index contributed by atoms with van der Waals surface area (Å²) in [5.41, 5.74) is 0. The van der Waals surface area contributed by atoms with Crippen LogP contribution in [0.5, 0.6) is 0 Å². The van der Waals surface area contributed by atoms with Gasteiger partial charge in [-0.3, -0.25) is 0 Å². The molecule has 0 fully saturated rings. The molecule has 0 heterocycles. The molecule has 1 aromatic rings. The predicted octanol–water partition coefficient (Wildman–Crippen LogP) is 5.04. The van der Waals surface area contributed by atoms with Crippen LogP contribution in [-0.4, -0.2) is 33.3 Å². The van der Waals surface area contributed by atoms with Crippen molar-refractivity contribution in [3.8, 4) is 0 Å². The van der Waals surface area contributed by atoms with Crippen molar-refractivity contribution in [3.05, 3.63) is 24.3 Å². The van der Waals surface area contributed by atoms with Crippen molar-refractivity contribution in [1.29, 1.82) is 0 Å². The first-order chi connectivity index (χ1) is 12.0. The van der Waals surface area contributed by atoms with E-state index in [9.17, 15) is 8.42 Å². The van der Waals surface area contributed by atoms with E-state index in [2.05, 4.69) is 37.6 Å². The summed E-state index contributed by atoms with van der Waals surface area (Å²) >= 11 is -2.44. The number of benzene rings is 1. The van der Waals surface area contributed by atoms with Gasteiger partial charge in [-0.2, -0.15) is 0 Å². The van der Waals surface area contributed by atoms with Gasteiger partial charge in [0.25, 0.3) is 0 Å². The Morgan fingerprint density at radius 2 is 1.24 bits per heavy atom. The van der Waals surface area contributed by atoms with Crippen molar-refractivity contribution >= 4 is 32.0 Å². The van der Waals surface area contributed by atoms with Crippen LogP contribution in [0.1, 0.15) is 66.2 Å². The summed E-state index contributed by atoms with van der Waals surface area (Å²) in [6, 6.07) is 7.98. The Kier molecular flexibility index (Phi) is 10.7. The van der Waals surface area contributed by atoms with Crippen molar-refractivity contribution < 1.29 is 8.42 Å². The monoisotopic (exact) mass is 475 g/mol. The van der Waals surface area contributed by atoms with Crippen LogP contribution >= 0.6 is 0 Å². The fourth-order valence-electron chi connectivity index (χ4n) is 3.61. The Labute approximate surface area is 159 Å². The van der Waals surface area contributed by atoms with Gasteiger partial charge in [0.1, 0.15) is 0 Å². The Bertz CT molecular complexity index is 562. The van der Waals surface area contributed by atoms with Gasteiger partial charge >= 0.3 is 160 Å². The van der Waals surface area contributed by atoms with Gasteiger partial charge in [-0.15, -0.1) is 0 Å². The van der Waals surface area contributed by atoms with Gasteiger partial charge in [-0.05, 0) is 0 Å². The molecule has 3 nitrogen and oxygen atoms in total. The zero-order valence-electron chi connectivity index (χ0n) is 16.6. The molecule has 144 valence electrons. The summed E-state index contributed by atoms with van der Waals surface area (Å²) in [7, 11) is -3.35. The fraction of sp³-hybridized carbons (Fsp3) is 0.700. The number of rotatable bonds is 13. The molecule has 0 spiro atoms. The van der Waals surface area contributed by atoms with Crippen molar-refractivity contribution in [3.63, 3.8) is 0 Å². The standard InChI is InChI=1S/C8H10NO2S.3C4H9.Sn/c1-2-9-12(10,11)8-6-4-3-5-7-8;3*1-3-4-2;/h4-7,9H,2H2,1H3;3*1,3-4H2,2H3;. The number of unbranched alkanes of at least 4 members (excludes halogenated alkanes) is 3. The SMILES string of the molecule is CCC[CH2][Sn]([CH2]CCC)([CH2]CCC)[c]1ccc(S(=O)(=O)NCC)cc1. The van der Waals surface area contributed by atoms with E-state index in [1.165, 1.54) is 55.4 Å². The van der Waals surface area contributed by atoms with Crippen LogP contribution < -0.4 is 8.30 Å².